The Morgan fingerprint density at radius 3 is 2.94 bits per heavy atom. The van der Waals surface area contributed by atoms with E-state index in [-0.39, 0.29) is 17.8 Å². The molecule has 2 rings (SSSR count). The van der Waals surface area contributed by atoms with Gasteiger partial charge in [-0.05, 0) is 50.1 Å². The standard InChI is InChI=1S/C13H17FN2O/c1-9-8-10(5-6-11(9)14)16-13(17)12-4-2-3-7-15-12/h5-6,8,12,15H,2-4,7H2,1H3,(H,16,17)/t12-/m0/s1. The summed E-state index contributed by atoms with van der Waals surface area (Å²) in [5, 5.41) is 5.99. The number of hydrogen-bond acceptors (Lipinski definition) is 2. The topological polar surface area (TPSA) is 41.1 Å². The second-order valence-electron chi connectivity index (χ2n) is 4.46. The van der Waals surface area contributed by atoms with Crippen LogP contribution in [0.25, 0.3) is 0 Å². The maximum absolute atomic E-state index is 13.1. The Hall–Kier alpha value is -1.42. The van der Waals surface area contributed by atoms with Crippen LogP contribution in [-0.2, 0) is 4.79 Å². The fourth-order valence-corrected chi connectivity index (χ4v) is 2.03. The van der Waals surface area contributed by atoms with Gasteiger partial charge in [0, 0.05) is 5.69 Å². The second-order valence-corrected chi connectivity index (χ2v) is 4.46. The molecule has 1 atom stereocenters. The maximum atomic E-state index is 13.1. The number of carbonyl (C=O) groups excluding carboxylic acids is 1. The quantitative estimate of drug-likeness (QED) is 0.826. The number of benzene rings is 1. The van der Waals surface area contributed by atoms with Crippen LogP contribution < -0.4 is 10.6 Å². The van der Waals surface area contributed by atoms with Crippen LogP contribution in [0.5, 0.6) is 0 Å². The molecule has 0 spiro atoms. The molecule has 1 amide bonds. The first kappa shape index (κ1) is 12.0. The van der Waals surface area contributed by atoms with Crippen molar-refractivity contribution in [2.75, 3.05) is 11.9 Å². The van der Waals surface area contributed by atoms with Gasteiger partial charge in [-0.3, -0.25) is 4.79 Å². The largest absolute Gasteiger partial charge is 0.325 e. The van der Waals surface area contributed by atoms with Crippen molar-refractivity contribution in [2.24, 2.45) is 0 Å². The van der Waals surface area contributed by atoms with Gasteiger partial charge in [0.25, 0.3) is 0 Å². The van der Waals surface area contributed by atoms with Crippen molar-refractivity contribution in [2.45, 2.75) is 32.2 Å². The number of amides is 1. The third-order valence-electron chi connectivity index (χ3n) is 3.05. The highest BCUT2D eigenvalue weighted by Gasteiger charge is 2.20. The predicted octanol–water partition coefficient (Wildman–Crippen LogP) is 2.21. The molecule has 1 heterocycles. The Kier molecular flexibility index (Phi) is 3.74. The molecule has 1 fully saturated rings. The van der Waals surface area contributed by atoms with Gasteiger partial charge in [-0.15, -0.1) is 0 Å². The molecule has 0 radical (unpaired) electrons. The first-order chi connectivity index (χ1) is 8.16. The lowest BCUT2D eigenvalue weighted by Gasteiger charge is -2.22. The molecule has 17 heavy (non-hydrogen) atoms. The molecule has 1 saturated heterocycles. The number of anilines is 1. The molecule has 0 bridgehead atoms. The van der Waals surface area contributed by atoms with E-state index in [2.05, 4.69) is 10.6 Å². The molecule has 0 aliphatic carbocycles. The van der Waals surface area contributed by atoms with Gasteiger partial charge in [0.2, 0.25) is 5.91 Å². The SMILES string of the molecule is Cc1cc(NC(=O)[C@@H]2CCCCN2)ccc1F. The lowest BCUT2D eigenvalue weighted by molar-refractivity contribution is -0.118. The van der Waals surface area contributed by atoms with E-state index in [1.54, 1.807) is 19.1 Å². The molecule has 1 aliphatic heterocycles. The lowest BCUT2D eigenvalue weighted by Crippen LogP contribution is -2.43. The van der Waals surface area contributed by atoms with Crippen molar-refractivity contribution >= 4 is 11.6 Å². The molecule has 1 aliphatic rings. The van der Waals surface area contributed by atoms with Crippen molar-refractivity contribution in [1.29, 1.82) is 0 Å². The number of piperidine rings is 1. The smallest absolute Gasteiger partial charge is 0.241 e. The van der Waals surface area contributed by atoms with Crippen molar-refractivity contribution in [3.8, 4) is 0 Å². The van der Waals surface area contributed by atoms with E-state index in [0.717, 1.165) is 25.8 Å². The number of hydrogen-bond donors (Lipinski definition) is 2. The normalized spacial score (nSPS) is 20.0. The van der Waals surface area contributed by atoms with Gasteiger partial charge in [-0.2, -0.15) is 0 Å². The number of carbonyl (C=O) groups is 1. The van der Waals surface area contributed by atoms with E-state index in [0.29, 0.717) is 11.3 Å². The minimum atomic E-state index is -0.251. The summed E-state index contributed by atoms with van der Waals surface area (Å²) in [6.07, 6.45) is 3.07. The van der Waals surface area contributed by atoms with Crippen molar-refractivity contribution < 1.29 is 9.18 Å². The van der Waals surface area contributed by atoms with Gasteiger partial charge in [0.15, 0.2) is 0 Å². The molecule has 2 N–H and O–H groups in total. The van der Waals surface area contributed by atoms with Gasteiger partial charge < -0.3 is 10.6 Å². The Bertz CT molecular complexity index is 414. The zero-order valence-electron chi connectivity index (χ0n) is 9.92. The molecule has 0 saturated carbocycles. The van der Waals surface area contributed by atoms with Crippen LogP contribution in [0.1, 0.15) is 24.8 Å². The molecule has 0 unspecified atom stereocenters. The summed E-state index contributed by atoms with van der Waals surface area (Å²) >= 11 is 0. The predicted molar refractivity (Wildman–Crippen MR) is 65.4 cm³/mol. The van der Waals surface area contributed by atoms with Gasteiger partial charge in [-0.25, -0.2) is 4.39 Å². The summed E-state index contributed by atoms with van der Waals surface area (Å²) in [5.74, 6) is -0.283. The van der Waals surface area contributed by atoms with Crippen LogP contribution in [0.15, 0.2) is 18.2 Å². The van der Waals surface area contributed by atoms with Crippen LogP contribution in [0.2, 0.25) is 0 Å². The number of nitrogens with one attached hydrogen (secondary N) is 2. The average molecular weight is 236 g/mol. The average Bonchev–Trinajstić information content (AvgIpc) is 2.35. The number of rotatable bonds is 2. The van der Waals surface area contributed by atoms with Gasteiger partial charge >= 0.3 is 0 Å². The zero-order chi connectivity index (χ0) is 12.3. The third kappa shape index (κ3) is 3.03. The fourth-order valence-electron chi connectivity index (χ4n) is 2.03. The summed E-state index contributed by atoms with van der Waals surface area (Å²) in [5.41, 5.74) is 1.20. The van der Waals surface area contributed by atoms with Crippen LogP contribution in [0, 0.1) is 12.7 Å². The summed E-state index contributed by atoms with van der Waals surface area (Å²) in [6.45, 7) is 2.57. The summed E-state index contributed by atoms with van der Waals surface area (Å²) in [6, 6.07) is 4.49. The van der Waals surface area contributed by atoms with E-state index in [1.807, 2.05) is 0 Å². The Morgan fingerprint density at radius 1 is 1.47 bits per heavy atom. The molecular weight excluding hydrogens is 219 g/mol. The lowest BCUT2D eigenvalue weighted by atomic mass is 10.0. The molecule has 1 aromatic rings. The van der Waals surface area contributed by atoms with Crippen LogP contribution in [0.4, 0.5) is 10.1 Å². The van der Waals surface area contributed by atoms with Gasteiger partial charge in [0.05, 0.1) is 6.04 Å². The van der Waals surface area contributed by atoms with Gasteiger partial charge in [0.1, 0.15) is 5.82 Å². The monoisotopic (exact) mass is 236 g/mol. The first-order valence-corrected chi connectivity index (χ1v) is 5.97. The molecule has 1 aromatic carbocycles. The zero-order valence-corrected chi connectivity index (χ0v) is 9.92. The highest BCUT2D eigenvalue weighted by Crippen LogP contribution is 2.15. The number of aryl methyl sites for hydroxylation is 1. The fraction of sp³-hybridized carbons (Fsp3) is 0.462. The molecule has 0 aromatic heterocycles. The second kappa shape index (κ2) is 5.27. The summed E-state index contributed by atoms with van der Waals surface area (Å²) in [7, 11) is 0. The van der Waals surface area contributed by atoms with E-state index in [1.165, 1.54) is 6.07 Å². The van der Waals surface area contributed by atoms with E-state index < -0.39 is 0 Å². The highest BCUT2D eigenvalue weighted by molar-refractivity contribution is 5.94. The number of halogens is 1. The minimum Gasteiger partial charge on any atom is -0.325 e. The molecular formula is C13H17FN2O. The van der Waals surface area contributed by atoms with Crippen molar-refractivity contribution in [3.05, 3.63) is 29.6 Å². The van der Waals surface area contributed by atoms with E-state index in [9.17, 15) is 9.18 Å². The van der Waals surface area contributed by atoms with E-state index in [4.69, 9.17) is 0 Å². The highest BCUT2D eigenvalue weighted by atomic mass is 19.1. The molecule has 4 heteroatoms. The molecule has 3 nitrogen and oxygen atoms in total. The minimum absolute atomic E-state index is 0.0318. The Morgan fingerprint density at radius 2 is 2.29 bits per heavy atom. The van der Waals surface area contributed by atoms with Crippen molar-refractivity contribution in [3.63, 3.8) is 0 Å². The van der Waals surface area contributed by atoms with Crippen LogP contribution in [0.3, 0.4) is 0 Å². The van der Waals surface area contributed by atoms with Gasteiger partial charge in [-0.1, -0.05) is 6.42 Å². The summed E-state index contributed by atoms with van der Waals surface area (Å²) in [4.78, 5) is 11.9. The van der Waals surface area contributed by atoms with E-state index >= 15 is 0 Å². The molecule has 92 valence electrons. The third-order valence-corrected chi connectivity index (χ3v) is 3.05. The van der Waals surface area contributed by atoms with Crippen LogP contribution in [-0.4, -0.2) is 18.5 Å². The maximum Gasteiger partial charge on any atom is 0.241 e. The van der Waals surface area contributed by atoms with Crippen molar-refractivity contribution in [1.82, 2.24) is 5.32 Å². The Labute approximate surface area is 100 Å². The summed E-state index contributed by atoms with van der Waals surface area (Å²) < 4.78 is 13.1. The first-order valence-electron chi connectivity index (χ1n) is 5.97. The Balaban J connectivity index is 1.99. The van der Waals surface area contributed by atoms with Crippen LogP contribution >= 0.6 is 0 Å².